The highest BCUT2D eigenvalue weighted by Gasteiger charge is 2.36. The molecule has 0 fully saturated rings. The van der Waals surface area contributed by atoms with Crippen molar-refractivity contribution in [3.8, 4) is 67.3 Å². The van der Waals surface area contributed by atoms with Gasteiger partial charge in [-0.3, -0.25) is 0 Å². The van der Waals surface area contributed by atoms with E-state index in [4.69, 9.17) is 9.97 Å². The highest BCUT2D eigenvalue weighted by molar-refractivity contribution is 6.04. The lowest BCUT2D eigenvalue weighted by molar-refractivity contribution is 0.661. The van der Waals surface area contributed by atoms with Gasteiger partial charge in [-0.1, -0.05) is 166 Å². The average Bonchev–Trinajstić information content (AvgIpc) is 3.44. The molecular weight excluding hydrogens is 641 g/mol. The van der Waals surface area contributed by atoms with Crippen molar-refractivity contribution in [3.63, 3.8) is 0 Å². The molecule has 1 heterocycles. The van der Waals surface area contributed by atoms with Gasteiger partial charge in [0.05, 0.1) is 11.4 Å². The molecule has 0 amide bonds. The Morgan fingerprint density at radius 2 is 0.830 bits per heavy atom. The molecule has 0 saturated heterocycles. The third-order valence-electron chi connectivity index (χ3n) is 11.1. The lowest BCUT2D eigenvalue weighted by Gasteiger charge is -2.22. The van der Waals surface area contributed by atoms with E-state index in [9.17, 15) is 0 Å². The van der Waals surface area contributed by atoms with Gasteiger partial charge in [0, 0.05) is 22.1 Å². The van der Waals surface area contributed by atoms with Crippen molar-refractivity contribution < 1.29 is 0 Å². The lowest BCUT2D eigenvalue weighted by atomic mass is 9.81. The minimum Gasteiger partial charge on any atom is -0.228 e. The summed E-state index contributed by atoms with van der Waals surface area (Å²) >= 11 is 0. The molecule has 1 aliphatic carbocycles. The van der Waals surface area contributed by atoms with Gasteiger partial charge in [0.2, 0.25) is 0 Å². The van der Waals surface area contributed by atoms with Crippen LogP contribution in [0.3, 0.4) is 0 Å². The summed E-state index contributed by atoms with van der Waals surface area (Å²) in [4.78, 5) is 10.3. The fourth-order valence-electron chi connectivity index (χ4n) is 8.27. The Kier molecular flexibility index (Phi) is 7.19. The lowest BCUT2D eigenvalue weighted by Crippen LogP contribution is -2.15. The van der Waals surface area contributed by atoms with Crippen LogP contribution in [0.5, 0.6) is 0 Å². The van der Waals surface area contributed by atoms with Crippen LogP contribution in [-0.2, 0) is 5.41 Å². The van der Waals surface area contributed by atoms with Crippen LogP contribution in [0.4, 0.5) is 0 Å². The van der Waals surface area contributed by atoms with Gasteiger partial charge in [-0.05, 0) is 96.4 Å². The van der Waals surface area contributed by atoms with Gasteiger partial charge in [0.1, 0.15) is 0 Å². The van der Waals surface area contributed by atoms with Crippen LogP contribution in [0.15, 0.2) is 182 Å². The zero-order chi connectivity index (χ0) is 35.5. The van der Waals surface area contributed by atoms with E-state index in [1.165, 1.54) is 60.7 Å². The summed E-state index contributed by atoms with van der Waals surface area (Å²) in [7, 11) is 0. The number of benzene rings is 8. The standard InChI is InChI=1S/C51H36N2/c1-51(2)46-31-39(25-26-43(46)45-29-37-17-9-10-18-38(37)30-47(45)51)33-21-23-34(24-22-33)40-27-28-44(42-20-12-11-19-41(40)42)50-52-48(35-13-5-3-6-14-35)32-49(53-50)36-15-7-4-8-16-36/h3-32H,1-2H3. The van der Waals surface area contributed by atoms with Crippen molar-refractivity contribution in [2.45, 2.75) is 19.3 Å². The van der Waals surface area contributed by atoms with Crippen LogP contribution >= 0.6 is 0 Å². The van der Waals surface area contributed by atoms with Crippen molar-refractivity contribution in [2.24, 2.45) is 0 Å². The second kappa shape index (κ2) is 12.3. The zero-order valence-corrected chi connectivity index (χ0v) is 29.7. The maximum absolute atomic E-state index is 5.15. The largest absolute Gasteiger partial charge is 0.228 e. The van der Waals surface area contributed by atoms with E-state index in [2.05, 4.69) is 184 Å². The third-order valence-corrected chi connectivity index (χ3v) is 11.1. The van der Waals surface area contributed by atoms with E-state index < -0.39 is 0 Å². The highest BCUT2D eigenvalue weighted by Crippen LogP contribution is 2.51. The molecule has 0 radical (unpaired) electrons. The second-order valence-corrected chi connectivity index (χ2v) is 14.6. The molecule has 8 aromatic carbocycles. The van der Waals surface area contributed by atoms with Crippen LogP contribution in [-0.4, -0.2) is 9.97 Å². The predicted molar refractivity (Wildman–Crippen MR) is 222 cm³/mol. The molecule has 0 N–H and O–H groups in total. The van der Waals surface area contributed by atoms with Gasteiger partial charge in [-0.15, -0.1) is 0 Å². The number of nitrogens with zero attached hydrogens (tertiary/aromatic N) is 2. The van der Waals surface area contributed by atoms with E-state index in [0.717, 1.165) is 39.3 Å². The Morgan fingerprint density at radius 1 is 0.340 bits per heavy atom. The summed E-state index contributed by atoms with van der Waals surface area (Å²) in [5.41, 5.74) is 15.2. The number of hydrogen-bond donors (Lipinski definition) is 0. The van der Waals surface area contributed by atoms with Crippen LogP contribution in [0.25, 0.3) is 88.8 Å². The average molecular weight is 677 g/mol. The SMILES string of the molecule is CC1(C)c2cc(-c3ccc(-c4ccc(-c5nc(-c6ccccc6)cc(-c6ccccc6)n5)c5ccccc45)cc3)ccc2-c2cc3ccccc3cc21. The molecule has 10 rings (SSSR count). The predicted octanol–water partition coefficient (Wildman–Crippen LogP) is 13.4. The summed E-state index contributed by atoms with van der Waals surface area (Å²) in [5.74, 6) is 0.720. The molecule has 1 aliphatic rings. The summed E-state index contributed by atoms with van der Waals surface area (Å²) in [5, 5.41) is 4.90. The van der Waals surface area contributed by atoms with Crippen molar-refractivity contribution in [1.29, 1.82) is 0 Å². The number of hydrogen-bond acceptors (Lipinski definition) is 2. The molecule has 0 aliphatic heterocycles. The van der Waals surface area contributed by atoms with Crippen molar-refractivity contribution >= 4 is 21.5 Å². The molecule has 0 bridgehead atoms. The first-order valence-corrected chi connectivity index (χ1v) is 18.3. The van der Waals surface area contributed by atoms with E-state index in [0.29, 0.717) is 0 Å². The first-order chi connectivity index (χ1) is 26.0. The van der Waals surface area contributed by atoms with E-state index in [1.807, 2.05) is 12.1 Å². The Hall–Kier alpha value is -6.64. The van der Waals surface area contributed by atoms with Crippen LogP contribution in [0.1, 0.15) is 25.0 Å². The molecule has 2 nitrogen and oxygen atoms in total. The van der Waals surface area contributed by atoms with Gasteiger partial charge < -0.3 is 0 Å². The molecule has 2 heteroatoms. The van der Waals surface area contributed by atoms with Crippen molar-refractivity contribution in [2.75, 3.05) is 0 Å². The summed E-state index contributed by atoms with van der Waals surface area (Å²) < 4.78 is 0. The highest BCUT2D eigenvalue weighted by atomic mass is 14.9. The van der Waals surface area contributed by atoms with Gasteiger partial charge >= 0.3 is 0 Å². The fourth-order valence-corrected chi connectivity index (χ4v) is 8.27. The van der Waals surface area contributed by atoms with Gasteiger partial charge in [0.25, 0.3) is 0 Å². The quantitative estimate of drug-likeness (QED) is 0.181. The molecule has 0 spiro atoms. The monoisotopic (exact) mass is 676 g/mol. The van der Waals surface area contributed by atoms with Crippen molar-refractivity contribution in [1.82, 2.24) is 9.97 Å². The molecule has 250 valence electrons. The minimum atomic E-state index is -0.0719. The molecular formula is C51H36N2. The topological polar surface area (TPSA) is 25.8 Å². The molecule has 9 aromatic rings. The maximum atomic E-state index is 5.15. The molecule has 0 unspecified atom stereocenters. The summed E-state index contributed by atoms with van der Waals surface area (Å²) in [6.45, 7) is 4.72. The summed E-state index contributed by atoms with van der Waals surface area (Å²) in [6, 6.07) is 65.4. The number of fused-ring (bicyclic) bond motifs is 5. The molecule has 1 aromatic heterocycles. The second-order valence-electron chi connectivity index (χ2n) is 14.6. The molecule has 0 saturated carbocycles. The van der Waals surface area contributed by atoms with Crippen LogP contribution in [0.2, 0.25) is 0 Å². The smallest absolute Gasteiger partial charge is 0.161 e. The van der Waals surface area contributed by atoms with Crippen molar-refractivity contribution in [3.05, 3.63) is 193 Å². The first-order valence-electron chi connectivity index (χ1n) is 18.3. The van der Waals surface area contributed by atoms with Crippen LogP contribution in [0, 0.1) is 0 Å². The van der Waals surface area contributed by atoms with E-state index in [1.54, 1.807) is 0 Å². The Bertz CT molecular complexity index is 2780. The Morgan fingerprint density at radius 3 is 1.49 bits per heavy atom. The molecule has 0 atom stereocenters. The number of rotatable bonds is 5. The van der Waals surface area contributed by atoms with Gasteiger partial charge in [0.15, 0.2) is 5.82 Å². The normalized spacial score (nSPS) is 12.9. The van der Waals surface area contributed by atoms with Gasteiger partial charge in [-0.2, -0.15) is 0 Å². The van der Waals surface area contributed by atoms with Crippen LogP contribution < -0.4 is 0 Å². The Labute approximate surface area is 310 Å². The number of aromatic nitrogens is 2. The Balaban J connectivity index is 1.03. The fraction of sp³-hybridized carbons (Fsp3) is 0.0588. The van der Waals surface area contributed by atoms with E-state index >= 15 is 0 Å². The zero-order valence-electron chi connectivity index (χ0n) is 29.7. The molecule has 53 heavy (non-hydrogen) atoms. The third kappa shape index (κ3) is 5.26. The van der Waals surface area contributed by atoms with Gasteiger partial charge in [-0.25, -0.2) is 9.97 Å². The summed E-state index contributed by atoms with van der Waals surface area (Å²) in [6.07, 6.45) is 0. The van der Waals surface area contributed by atoms with E-state index in [-0.39, 0.29) is 5.41 Å². The first kappa shape index (κ1) is 31.1. The minimum absolute atomic E-state index is 0.0719. The maximum Gasteiger partial charge on any atom is 0.161 e.